The summed E-state index contributed by atoms with van der Waals surface area (Å²) < 4.78 is 2.10. The summed E-state index contributed by atoms with van der Waals surface area (Å²) in [4.78, 5) is 0. The van der Waals surface area contributed by atoms with Crippen molar-refractivity contribution in [1.82, 2.24) is 0 Å². The average Bonchev–Trinajstić information content (AvgIpc) is 2.81. The lowest BCUT2D eigenvalue weighted by Crippen LogP contribution is -2.37. The fraction of sp³-hybridized carbons (Fsp3) is 1.00. The van der Waals surface area contributed by atoms with Crippen molar-refractivity contribution in [1.29, 1.82) is 0 Å². The van der Waals surface area contributed by atoms with Gasteiger partial charge in [0.15, 0.2) is 0 Å². The molecular formula is C12H14I2. The Kier molecular flexibility index (Phi) is 1.27. The van der Waals surface area contributed by atoms with E-state index in [0.717, 1.165) is 36.9 Å². The zero-order valence-corrected chi connectivity index (χ0v) is 12.5. The number of halogens is 2. The molecule has 0 N–H and O–H groups in total. The lowest BCUT2D eigenvalue weighted by Gasteiger charge is -2.40. The van der Waals surface area contributed by atoms with Crippen LogP contribution in [-0.4, -0.2) is 7.85 Å². The maximum Gasteiger partial charge on any atom is 0.0203 e. The first-order valence-corrected chi connectivity index (χ1v) is 8.44. The van der Waals surface area contributed by atoms with E-state index in [9.17, 15) is 0 Å². The van der Waals surface area contributed by atoms with Gasteiger partial charge in [0.25, 0.3) is 0 Å². The second-order valence-electron chi connectivity index (χ2n) is 6.56. The van der Waals surface area contributed by atoms with E-state index >= 15 is 0 Å². The Morgan fingerprint density at radius 2 is 1.79 bits per heavy atom. The van der Waals surface area contributed by atoms with Crippen LogP contribution in [0.15, 0.2) is 0 Å². The Labute approximate surface area is 112 Å². The van der Waals surface area contributed by atoms with E-state index in [4.69, 9.17) is 0 Å². The first-order chi connectivity index (χ1) is 6.67. The molecule has 0 aromatic rings. The largest absolute Gasteiger partial charge is 0.0820 e. The molecule has 14 heavy (non-hydrogen) atoms. The normalized spacial score (nSPS) is 85.5. The van der Waals surface area contributed by atoms with Crippen molar-refractivity contribution in [3.05, 3.63) is 0 Å². The predicted octanol–water partition coefficient (Wildman–Crippen LogP) is 3.37. The van der Waals surface area contributed by atoms with Crippen LogP contribution >= 0.6 is 45.2 Å². The Morgan fingerprint density at radius 3 is 2.50 bits per heavy atom. The van der Waals surface area contributed by atoms with Crippen molar-refractivity contribution >= 4 is 45.2 Å². The van der Waals surface area contributed by atoms with Gasteiger partial charge in [-0.25, -0.2) is 0 Å². The third-order valence-electron chi connectivity index (χ3n) is 6.84. The fourth-order valence-corrected chi connectivity index (χ4v) is 11.1. The first kappa shape index (κ1) is 8.54. The molecule has 76 valence electrons. The third kappa shape index (κ3) is 0.519. The number of hydrogen-bond donors (Lipinski definition) is 0. The van der Waals surface area contributed by atoms with Gasteiger partial charge in [-0.3, -0.25) is 0 Å². The molecule has 10 atom stereocenters. The highest BCUT2D eigenvalue weighted by Crippen LogP contribution is 2.89. The monoisotopic (exact) mass is 412 g/mol. The molecule has 0 aromatic carbocycles. The highest BCUT2D eigenvalue weighted by atomic mass is 127. The van der Waals surface area contributed by atoms with Gasteiger partial charge in [-0.1, -0.05) is 52.1 Å². The van der Waals surface area contributed by atoms with Gasteiger partial charge >= 0.3 is 0 Å². The molecule has 0 amide bonds. The van der Waals surface area contributed by atoms with Crippen LogP contribution in [0.5, 0.6) is 0 Å². The Bertz CT molecular complexity index is 348. The molecule has 0 radical (unpaired) electrons. The fourth-order valence-electron chi connectivity index (χ4n) is 6.99. The molecule has 6 fully saturated rings. The molecule has 0 spiro atoms. The molecule has 0 nitrogen and oxygen atoms in total. The Morgan fingerprint density at radius 1 is 1.00 bits per heavy atom. The van der Waals surface area contributed by atoms with Gasteiger partial charge in [0.2, 0.25) is 0 Å². The second-order valence-corrected chi connectivity index (χ2v) is 9.34. The summed E-state index contributed by atoms with van der Waals surface area (Å²) in [6, 6.07) is 0. The molecule has 0 aliphatic heterocycles. The van der Waals surface area contributed by atoms with Crippen molar-refractivity contribution in [3.8, 4) is 0 Å². The molecule has 0 aromatic heterocycles. The minimum atomic E-state index is 0.782. The number of rotatable bonds is 0. The van der Waals surface area contributed by atoms with Crippen LogP contribution in [0.3, 0.4) is 0 Å². The predicted molar refractivity (Wildman–Crippen MR) is 72.8 cm³/mol. The van der Waals surface area contributed by atoms with Crippen molar-refractivity contribution in [2.75, 3.05) is 0 Å². The maximum atomic E-state index is 2.82. The summed E-state index contributed by atoms with van der Waals surface area (Å²) in [5, 5.41) is 0. The summed E-state index contributed by atoms with van der Waals surface area (Å²) in [6.45, 7) is 2.65. The second kappa shape index (κ2) is 2.08. The van der Waals surface area contributed by atoms with Crippen LogP contribution in [-0.2, 0) is 0 Å². The molecule has 0 unspecified atom stereocenters. The van der Waals surface area contributed by atoms with Gasteiger partial charge in [-0.2, -0.15) is 0 Å². The Hall–Kier alpha value is 1.46. The molecule has 6 rings (SSSR count). The SMILES string of the molecule is C[C@@]12[C@@H]3[C@@H](I)[C@H]4[C@H]5C[C@H]([C@H]([C@H]53)[C@@H]1I)[C@@H]42. The quantitative estimate of drug-likeness (QED) is 0.423. The van der Waals surface area contributed by atoms with Crippen molar-refractivity contribution in [3.63, 3.8) is 0 Å². The summed E-state index contributed by atoms with van der Waals surface area (Å²) in [6.07, 6.45) is 1.63. The lowest BCUT2D eigenvalue weighted by molar-refractivity contribution is 0.0703. The molecule has 6 aliphatic carbocycles. The topological polar surface area (TPSA) is 0 Å². The standard InChI is InChI=1S/C12H14I2/c1-12-8-4-2-3-5(6(4)11(12)14)9(12)10(13)7(3)8/h3-11H,2H2,1H3/t3-,4+,5-,6+,7-,8-,9-,10-,11-,12+/m0/s1. The Balaban J connectivity index is 1.88. The van der Waals surface area contributed by atoms with E-state index in [2.05, 4.69) is 52.1 Å². The summed E-state index contributed by atoms with van der Waals surface area (Å²) >= 11 is 5.64. The summed E-state index contributed by atoms with van der Waals surface area (Å²) in [7, 11) is 0. The molecule has 6 bridgehead atoms. The van der Waals surface area contributed by atoms with Gasteiger partial charge in [0.1, 0.15) is 0 Å². The number of alkyl halides is 2. The molecule has 0 saturated heterocycles. The van der Waals surface area contributed by atoms with E-state index in [1.807, 2.05) is 0 Å². The van der Waals surface area contributed by atoms with Crippen molar-refractivity contribution < 1.29 is 0 Å². The van der Waals surface area contributed by atoms with E-state index in [-0.39, 0.29) is 0 Å². The van der Waals surface area contributed by atoms with Gasteiger partial charge in [0, 0.05) is 7.85 Å². The summed E-state index contributed by atoms with van der Waals surface area (Å²) in [5.41, 5.74) is 0.782. The molecule has 2 heteroatoms. The van der Waals surface area contributed by atoms with Crippen LogP contribution in [0.25, 0.3) is 0 Å². The molecular weight excluding hydrogens is 398 g/mol. The van der Waals surface area contributed by atoms with Crippen LogP contribution in [0, 0.1) is 46.8 Å². The zero-order valence-electron chi connectivity index (χ0n) is 8.16. The molecule has 6 saturated carbocycles. The lowest BCUT2D eigenvalue weighted by atomic mass is 9.64. The molecule has 6 aliphatic rings. The zero-order chi connectivity index (χ0) is 9.40. The van der Waals surface area contributed by atoms with Gasteiger partial charge in [-0.15, -0.1) is 0 Å². The van der Waals surface area contributed by atoms with Crippen LogP contribution in [0.1, 0.15) is 13.3 Å². The van der Waals surface area contributed by atoms with E-state index < -0.39 is 0 Å². The van der Waals surface area contributed by atoms with E-state index in [0.29, 0.717) is 0 Å². The van der Waals surface area contributed by atoms with Crippen LogP contribution in [0.2, 0.25) is 0 Å². The highest BCUT2D eigenvalue weighted by molar-refractivity contribution is 14.1. The van der Waals surface area contributed by atoms with Crippen molar-refractivity contribution in [2.24, 2.45) is 46.8 Å². The van der Waals surface area contributed by atoms with Crippen molar-refractivity contribution in [2.45, 2.75) is 21.2 Å². The molecule has 0 heterocycles. The number of hydrogen-bond acceptors (Lipinski definition) is 0. The van der Waals surface area contributed by atoms with Gasteiger partial charge in [-0.05, 0) is 53.3 Å². The highest BCUT2D eigenvalue weighted by Gasteiger charge is 2.86. The minimum absolute atomic E-state index is 0.782. The van der Waals surface area contributed by atoms with Gasteiger partial charge in [0.05, 0.1) is 0 Å². The smallest absolute Gasteiger partial charge is 0.0203 e. The van der Waals surface area contributed by atoms with E-state index in [1.165, 1.54) is 17.8 Å². The van der Waals surface area contributed by atoms with E-state index in [1.54, 1.807) is 6.42 Å². The van der Waals surface area contributed by atoms with Crippen LogP contribution < -0.4 is 0 Å². The maximum absolute atomic E-state index is 2.82. The van der Waals surface area contributed by atoms with Gasteiger partial charge < -0.3 is 0 Å². The minimum Gasteiger partial charge on any atom is -0.0820 e. The summed E-state index contributed by atoms with van der Waals surface area (Å²) in [5.74, 6) is 8.18. The van der Waals surface area contributed by atoms with Crippen LogP contribution in [0.4, 0.5) is 0 Å². The first-order valence-electron chi connectivity index (χ1n) is 5.95. The third-order valence-corrected chi connectivity index (χ3v) is 10.6. The average molecular weight is 412 g/mol.